The zero-order valence-electron chi connectivity index (χ0n) is 6.81. The molecule has 0 unspecified atom stereocenters. The molecule has 10 heavy (non-hydrogen) atoms. The van der Waals surface area contributed by atoms with E-state index in [0.29, 0.717) is 0 Å². The first-order valence-corrected chi connectivity index (χ1v) is 3.58. The van der Waals surface area contributed by atoms with Gasteiger partial charge in [-0.2, -0.15) is 0 Å². The van der Waals surface area contributed by atoms with E-state index in [1.54, 1.807) is 0 Å². The molecule has 1 rings (SSSR count). The van der Waals surface area contributed by atoms with Crippen LogP contribution in [-0.2, 0) is 0 Å². The van der Waals surface area contributed by atoms with E-state index in [-0.39, 0.29) is 0 Å². The lowest BCUT2D eigenvalue weighted by atomic mass is 9.99. The summed E-state index contributed by atoms with van der Waals surface area (Å²) in [7, 11) is 0. The Morgan fingerprint density at radius 2 is 1.70 bits per heavy atom. The zero-order valence-corrected chi connectivity index (χ0v) is 6.81. The minimum absolute atomic E-state index is 1.36. The number of benzene rings is 1. The molecule has 0 nitrogen and oxygen atoms in total. The predicted octanol–water partition coefficient (Wildman–Crippen LogP) is 2.96. The van der Waals surface area contributed by atoms with Crippen LogP contribution in [0, 0.1) is 12.8 Å². The molecule has 0 heteroatoms. The minimum Gasteiger partial charge on any atom is -0.0354 e. The lowest BCUT2D eigenvalue weighted by molar-refractivity contribution is 1.12. The van der Waals surface area contributed by atoms with Crippen LogP contribution in [0.25, 0.3) is 0 Å². The highest BCUT2D eigenvalue weighted by Crippen LogP contribution is 2.16. The van der Waals surface area contributed by atoms with Crippen LogP contribution in [0.3, 0.4) is 0 Å². The summed E-state index contributed by atoms with van der Waals surface area (Å²) in [5.41, 5.74) is 2.74. The Balaban J connectivity index is 3.03. The molecule has 0 aliphatic carbocycles. The van der Waals surface area contributed by atoms with E-state index in [1.807, 2.05) is 0 Å². The van der Waals surface area contributed by atoms with Crippen LogP contribution >= 0.6 is 0 Å². The first-order valence-electron chi connectivity index (χ1n) is 3.58. The summed E-state index contributed by atoms with van der Waals surface area (Å²) < 4.78 is 0. The van der Waals surface area contributed by atoms with Crippen molar-refractivity contribution < 1.29 is 0 Å². The second-order valence-corrected chi connectivity index (χ2v) is 2.81. The number of aryl methyl sites for hydroxylation is 1. The molecule has 0 spiro atoms. The Hall–Kier alpha value is -0.910. The average Bonchev–Trinajstić information content (AvgIpc) is 1.88. The van der Waals surface area contributed by atoms with Gasteiger partial charge in [-0.05, 0) is 18.2 Å². The highest BCUT2D eigenvalue weighted by Gasteiger charge is 2.09. The molecule has 0 saturated carbocycles. The molecule has 0 bridgehead atoms. The summed E-state index contributed by atoms with van der Waals surface area (Å²) in [6.45, 7) is 6.42. The van der Waals surface area contributed by atoms with Crippen LogP contribution in [0.15, 0.2) is 24.3 Å². The van der Waals surface area contributed by atoms with Crippen molar-refractivity contribution in [1.29, 1.82) is 0 Å². The normalized spacial score (nSPS) is 9.50. The first-order chi connectivity index (χ1) is 4.72. The summed E-state index contributed by atoms with van der Waals surface area (Å²) in [4.78, 5) is 0. The van der Waals surface area contributed by atoms with Gasteiger partial charge in [-0.25, -0.2) is 0 Å². The summed E-state index contributed by atoms with van der Waals surface area (Å²) in [5.74, 6) is 1.39. The molecule has 52 valence electrons. The topological polar surface area (TPSA) is 0 Å². The molecule has 0 heterocycles. The van der Waals surface area contributed by atoms with Gasteiger partial charge in [0.1, 0.15) is 5.56 Å². The van der Waals surface area contributed by atoms with Crippen molar-refractivity contribution in [3.63, 3.8) is 0 Å². The van der Waals surface area contributed by atoms with E-state index in [1.165, 1.54) is 17.0 Å². The van der Waals surface area contributed by atoms with Crippen LogP contribution in [-0.4, -0.2) is 0 Å². The van der Waals surface area contributed by atoms with E-state index in [4.69, 9.17) is 0 Å². The Morgan fingerprint density at radius 1 is 1.10 bits per heavy atom. The van der Waals surface area contributed by atoms with Gasteiger partial charge in [-0.15, -0.1) is 0 Å². The Labute approximate surface area is 62.9 Å². The van der Waals surface area contributed by atoms with Gasteiger partial charge < -0.3 is 0 Å². The molecule has 0 saturated heterocycles. The third kappa shape index (κ3) is 1.32. The van der Waals surface area contributed by atoms with Gasteiger partial charge in [0.2, 0.25) is 0 Å². The average molecular weight is 133 g/mol. The maximum absolute atomic E-state index is 2.16. The molecule has 0 atom stereocenters. The molecule has 0 aliphatic rings. The van der Waals surface area contributed by atoms with Crippen molar-refractivity contribution in [1.82, 2.24) is 0 Å². The minimum atomic E-state index is 1.36. The lowest BCUT2D eigenvalue weighted by Gasteiger charge is -1.97. The molecule has 1 aromatic carbocycles. The number of hydrogen-bond acceptors (Lipinski definition) is 0. The molecule has 0 N–H and O–H groups in total. The maximum atomic E-state index is 2.16. The van der Waals surface area contributed by atoms with Gasteiger partial charge >= 0.3 is 0 Å². The van der Waals surface area contributed by atoms with E-state index in [0.717, 1.165) is 0 Å². The van der Waals surface area contributed by atoms with Crippen LogP contribution in [0.1, 0.15) is 25.0 Å². The number of rotatable bonds is 1. The molecular weight excluding hydrogens is 120 g/mol. The Kier molecular flexibility index (Phi) is 2.00. The van der Waals surface area contributed by atoms with Crippen LogP contribution < -0.4 is 0 Å². The molecule has 1 aromatic rings. The Bertz CT molecular complexity index is 211. The molecule has 0 aromatic heterocycles. The van der Waals surface area contributed by atoms with Gasteiger partial charge in [-0.3, -0.25) is 0 Å². The quantitative estimate of drug-likeness (QED) is 0.517. The maximum Gasteiger partial charge on any atom is 0.134 e. The highest BCUT2D eigenvalue weighted by molar-refractivity contribution is 5.35. The van der Waals surface area contributed by atoms with Crippen LogP contribution in [0.2, 0.25) is 0 Å². The largest absolute Gasteiger partial charge is 0.134 e. The summed E-state index contributed by atoms with van der Waals surface area (Å²) in [6, 6.07) is 8.45. The first kappa shape index (κ1) is 7.20. The third-order valence-electron chi connectivity index (χ3n) is 1.68. The lowest BCUT2D eigenvalue weighted by Crippen LogP contribution is -1.90. The van der Waals surface area contributed by atoms with Crippen molar-refractivity contribution in [2.24, 2.45) is 0 Å². The fourth-order valence-electron chi connectivity index (χ4n) is 1.13. The van der Waals surface area contributed by atoms with Gasteiger partial charge in [0, 0.05) is 32.8 Å². The van der Waals surface area contributed by atoms with Crippen molar-refractivity contribution in [3.8, 4) is 0 Å². The van der Waals surface area contributed by atoms with E-state index in [2.05, 4.69) is 45.0 Å². The van der Waals surface area contributed by atoms with Crippen molar-refractivity contribution in [2.75, 3.05) is 0 Å². The predicted molar refractivity (Wildman–Crippen MR) is 44.9 cm³/mol. The fourth-order valence-corrected chi connectivity index (χ4v) is 1.13. The number of hydrogen-bond donors (Lipinski definition) is 0. The third-order valence-corrected chi connectivity index (χ3v) is 1.68. The zero-order chi connectivity index (χ0) is 7.56. The highest BCUT2D eigenvalue weighted by atomic mass is 14.0. The van der Waals surface area contributed by atoms with Crippen LogP contribution in [0.5, 0.6) is 0 Å². The summed E-state index contributed by atoms with van der Waals surface area (Å²) in [6.07, 6.45) is 0. The van der Waals surface area contributed by atoms with Crippen molar-refractivity contribution in [3.05, 3.63) is 41.3 Å². The standard InChI is InChI=1S/C10H13/c1-8(2)10-7-5-4-6-9(10)3/h4-7H,1-3H3/q+1. The molecule has 0 aliphatic heterocycles. The van der Waals surface area contributed by atoms with E-state index >= 15 is 0 Å². The van der Waals surface area contributed by atoms with Crippen LogP contribution in [0.4, 0.5) is 0 Å². The molecule has 0 fully saturated rings. The molecule has 0 amide bonds. The molecule has 0 radical (unpaired) electrons. The van der Waals surface area contributed by atoms with Gasteiger partial charge in [0.25, 0.3) is 0 Å². The second-order valence-electron chi connectivity index (χ2n) is 2.81. The summed E-state index contributed by atoms with van der Waals surface area (Å²) in [5, 5.41) is 0. The smallest absolute Gasteiger partial charge is 0.0354 e. The van der Waals surface area contributed by atoms with E-state index < -0.39 is 0 Å². The van der Waals surface area contributed by atoms with Gasteiger partial charge in [0.15, 0.2) is 0 Å². The SMILES string of the molecule is Cc1ccccc1[C+](C)C. The van der Waals surface area contributed by atoms with E-state index in [9.17, 15) is 0 Å². The summed E-state index contributed by atoms with van der Waals surface area (Å²) >= 11 is 0. The fraction of sp³-hybridized carbons (Fsp3) is 0.300. The molecular formula is C10H13+. The monoisotopic (exact) mass is 133 g/mol. The Morgan fingerprint density at radius 3 is 2.10 bits per heavy atom. The second kappa shape index (κ2) is 2.78. The van der Waals surface area contributed by atoms with Crippen molar-refractivity contribution in [2.45, 2.75) is 20.8 Å². The van der Waals surface area contributed by atoms with Crippen molar-refractivity contribution >= 4 is 0 Å². The van der Waals surface area contributed by atoms with Gasteiger partial charge in [0.05, 0.1) is 5.56 Å². The van der Waals surface area contributed by atoms with Gasteiger partial charge in [-0.1, -0.05) is 0 Å².